The molecule has 2 saturated carbocycles. The van der Waals surface area contributed by atoms with Gasteiger partial charge in [0.1, 0.15) is 11.7 Å². The van der Waals surface area contributed by atoms with Gasteiger partial charge in [0.25, 0.3) is 0 Å². The number of aliphatic hydroxyl groups excluding tert-OH is 1. The molecular weight excluding hydrogens is 697 g/mol. The van der Waals surface area contributed by atoms with Gasteiger partial charge in [-0.05, 0) is 48.0 Å². The van der Waals surface area contributed by atoms with Gasteiger partial charge in [0.05, 0.1) is 18.3 Å². The van der Waals surface area contributed by atoms with Crippen LogP contribution in [0, 0.1) is 102 Å². The number of ether oxygens (including phenoxy) is 2. The van der Waals surface area contributed by atoms with Crippen molar-refractivity contribution in [1.29, 1.82) is 5.41 Å². The van der Waals surface area contributed by atoms with Gasteiger partial charge in [-0.3, -0.25) is 0 Å². The molecular formula is C30H49AcNO6. The van der Waals surface area contributed by atoms with E-state index in [2.05, 4.69) is 48.5 Å². The molecule has 0 aromatic heterocycles. The number of nitrogens with one attached hydrogen (secondary N) is 1. The molecule has 7 nitrogen and oxygen atoms in total. The first-order chi connectivity index (χ1) is 16.9. The van der Waals surface area contributed by atoms with E-state index in [9.17, 15) is 20.1 Å². The van der Waals surface area contributed by atoms with Gasteiger partial charge in [-0.15, -0.1) is 0 Å². The summed E-state index contributed by atoms with van der Waals surface area (Å²) < 4.78 is 11.9. The molecule has 4 rings (SSSR count). The van der Waals surface area contributed by atoms with Crippen LogP contribution in [0.4, 0.5) is 0 Å². The van der Waals surface area contributed by atoms with E-state index in [4.69, 9.17) is 14.9 Å². The molecule has 0 aromatic carbocycles. The van der Waals surface area contributed by atoms with Crippen LogP contribution in [0.3, 0.4) is 0 Å². The maximum absolute atomic E-state index is 13.0. The summed E-state index contributed by atoms with van der Waals surface area (Å²) in [7, 11) is 0. The van der Waals surface area contributed by atoms with Gasteiger partial charge >= 0.3 is 5.97 Å². The molecule has 9 unspecified atom stereocenters. The van der Waals surface area contributed by atoms with Crippen LogP contribution in [-0.2, 0) is 14.3 Å². The second-order valence-electron chi connectivity index (χ2n) is 13.8. The predicted molar refractivity (Wildman–Crippen MR) is 142 cm³/mol. The number of hydrogen-bond acceptors (Lipinski definition) is 7. The summed E-state index contributed by atoms with van der Waals surface area (Å²) in [5, 5.41) is 43.0. The van der Waals surface area contributed by atoms with E-state index in [0.717, 1.165) is 23.8 Å². The predicted octanol–water partition coefficient (Wildman–Crippen LogP) is 3.98. The molecule has 8 heteroatoms. The van der Waals surface area contributed by atoms with Gasteiger partial charge in [0.2, 0.25) is 0 Å². The molecule has 1 heterocycles. The van der Waals surface area contributed by atoms with Crippen molar-refractivity contribution >= 4 is 12.2 Å². The minimum Gasteiger partial charge on any atom is -0.456 e. The summed E-state index contributed by atoms with van der Waals surface area (Å²) >= 11 is 0. The first-order valence-electron chi connectivity index (χ1n) is 14.1. The second-order valence-corrected chi connectivity index (χ2v) is 13.8. The molecule has 38 heavy (non-hydrogen) atoms. The molecule has 0 amide bonds. The third-order valence-electron chi connectivity index (χ3n) is 12.2. The SMILES string of the molecule is CC1=C2C(C)C(C)[C@]3(C)C(C)CC4OC[C@@]4(O)C3[C@H](C)C(O)([C@@H](C)C1OC(=O)C(O)C(C)C=N)C2(C)C.[Ac]. The first-order valence-corrected chi connectivity index (χ1v) is 14.1. The quantitative estimate of drug-likeness (QED) is 0.197. The van der Waals surface area contributed by atoms with E-state index in [1.54, 1.807) is 6.92 Å². The second kappa shape index (κ2) is 10.5. The van der Waals surface area contributed by atoms with Crippen LogP contribution >= 0.6 is 0 Å². The van der Waals surface area contributed by atoms with Crippen molar-refractivity contribution in [3.8, 4) is 0 Å². The van der Waals surface area contributed by atoms with Crippen molar-refractivity contribution in [2.45, 2.75) is 105 Å². The summed E-state index contributed by atoms with van der Waals surface area (Å²) in [6.45, 7) is 21.1. The Hall–Kier alpha value is 0.162. The molecule has 4 aliphatic rings. The fourth-order valence-electron chi connectivity index (χ4n) is 9.74. The minimum absolute atomic E-state index is 0. The van der Waals surface area contributed by atoms with Crippen LogP contribution in [0.5, 0.6) is 0 Å². The molecule has 213 valence electrons. The van der Waals surface area contributed by atoms with Gasteiger partial charge in [-0.2, -0.15) is 0 Å². The molecule has 3 fully saturated rings. The van der Waals surface area contributed by atoms with E-state index in [0.29, 0.717) is 0 Å². The van der Waals surface area contributed by atoms with E-state index in [1.165, 1.54) is 0 Å². The van der Waals surface area contributed by atoms with Crippen molar-refractivity contribution in [1.82, 2.24) is 0 Å². The third kappa shape index (κ3) is 4.04. The molecule has 3 aliphatic carbocycles. The molecule has 0 spiro atoms. The summed E-state index contributed by atoms with van der Waals surface area (Å²) in [5.74, 6) is -1.95. The van der Waals surface area contributed by atoms with E-state index < -0.39 is 46.6 Å². The molecule has 4 N–H and O–H groups in total. The first kappa shape index (κ1) is 32.7. The van der Waals surface area contributed by atoms with Gasteiger partial charge in [-0.25, -0.2) is 4.79 Å². The topological polar surface area (TPSA) is 120 Å². The zero-order valence-corrected chi connectivity index (χ0v) is 29.7. The Morgan fingerprint density at radius 2 is 1.68 bits per heavy atom. The average Bonchev–Trinajstić information content (AvgIpc) is 2.84. The number of rotatable bonds is 4. The summed E-state index contributed by atoms with van der Waals surface area (Å²) in [6, 6.07) is 0. The van der Waals surface area contributed by atoms with Gasteiger partial charge < -0.3 is 30.2 Å². The van der Waals surface area contributed by atoms with Crippen LogP contribution in [0.15, 0.2) is 11.1 Å². The van der Waals surface area contributed by atoms with Crippen LogP contribution in [0.25, 0.3) is 0 Å². The van der Waals surface area contributed by atoms with Crippen LogP contribution in [0.1, 0.15) is 75.7 Å². The van der Waals surface area contributed by atoms with E-state index in [1.807, 2.05) is 13.8 Å². The molecule has 2 bridgehead atoms. The monoisotopic (exact) mass is 746 g/mol. The Morgan fingerprint density at radius 3 is 2.18 bits per heavy atom. The summed E-state index contributed by atoms with van der Waals surface area (Å²) in [5.41, 5.74) is -1.18. The van der Waals surface area contributed by atoms with E-state index >= 15 is 0 Å². The zero-order chi connectivity index (χ0) is 28.0. The number of carbonyl (C=O) groups is 1. The van der Waals surface area contributed by atoms with Gasteiger partial charge in [0, 0.05) is 73.4 Å². The average molecular weight is 747 g/mol. The Morgan fingerprint density at radius 1 is 1.11 bits per heavy atom. The van der Waals surface area contributed by atoms with Crippen molar-refractivity contribution in [2.24, 2.45) is 52.3 Å². The van der Waals surface area contributed by atoms with Crippen LogP contribution < -0.4 is 0 Å². The van der Waals surface area contributed by atoms with E-state index in [-0.39, 0.29) is 91.8 Å². The van der Waals surface area contributed by atoms with Gasteiger partial charge in [0.15, 0.2) is 6.10 Å². The summed E-state index contributed by atoms with van der Waals surface area (Å²) in [6.07, 6.45) is -0.567. The number of aliphatic hydroxyl groups is 3. The zero-order valence-electron chi connectivity index (χ0n) is 24.9. The van der Waals surface area contributed by atoms with Crippen LogP contribution in [0.2, 0.25) is 0 Å². The van der Waals surface area contributed by atoms with Crippen molar-refractivity contribution < 1.29 is 73.7 Å². The van der Waals surface area contributed by atoms with Crippen LogP contribution in [-0.4, -0.2) is 63.6 Å². The maximum Gasteiger partial charge on any atom is 0.336 e. The smallest absolute Gasteiger partial charge is 0.336 e. The molecule has 1 radical (unpaired) electrons. The Balaban J connectivity index is 0.00000400. The third-order valence-corrected chi connectivity index (χ3v) is 12.2. The number of hydrogen-bond donors (Lipinski definition) is 4. The minimum atomic E-state index is -1.44. The largest absolute Gasteiger partial charge is 0.456 e. The fraction of sp³-hybridized carbons (Fsp3) is 0.867. The molecule has 1 saturated heterocycles. The standard InChI is InChI=1S/C30H49NO6.Ac/c1-14(12-31)23(32)26(33)37-24-17(4)22-16(3)18(5)28(10)15(2)11-21-29(34,13-36-21)25(28)20(7)30(35,19(24)6)27(22,8)9;/h12,14-16,18-21,23-25,31-32,34-35H,11,13H2,1-10H3;/t14?,15?,16?,18?,19-,20-,21?,23?,24?,25?,28-,29-,30?;/m0./s1. The number of esters is 1. The number of carbonyl (C=O) groups excluding carboxylic acids is 1. The van der Waals surface area contributed by atoms with Crippen molar-refractivity contribution in [3.05, 3.63) is 11.1 Å². The number of fused-ring (bicyclic) bond motifs is 5. The molecule has 13 atom stereocenters. The Labute approximate surface area is 264 Å². The summed E-state index contributed by atoms with van der Waals surface area (Å²) in [4.78, 5) is 13.0. The maximum atomic E-state index is 13.0. The normalized spacial score (nSPS) is 49.1. The van der Waals surface area contributed by atoms with Gasteiger partial charge in [-0.1, -0.05) is 67.9 Å². The Bertz CT molecular complexity index is 999. The van der Waals surface area contributed by atoms with Crippen molar-refractivity contribution in [3.63, 3.8) is 0 Å². The molecule has 0 aromatic rings. The molecule has 1 aliphatic heterocycles. The fourth-order valence-corrected chi connectivity index (χ4v) is 9.74. The van der Waals surface area contributed by atoms with Crippen molar-refractivity contribution in [2.75, 3.05) is 6.61 Å². The Kier molecular flexibility index (Phi) is 8.99.